The Morgan fingerprint density at radius 2 is 1.78 bits per heavy atom. The molecule has 1 heterocycles. The molecule has 0 aromatic heterocycles. The van der Waals surface area contributed by atoms with E-state index in [0.29, 0.717) is 0 Å². The molecule has 3 rings (SSSR count). The highest BCUT2D eigenvalue weighted by Gasteiger charge is 2.28. The van der Waals surface area contributed by atoms with Gasteiger partial charge < -0.3 is 9.47 Å². The summed E-state index contributed by atoms with van der Waals surface area (Å²) in [5.41, 5.74) is 3.28. The zero-order valence-corrected chi connectivity index (χ0v) is 13.3. The molecule has 0 radical (unpaired) electrons. The van der Waals surface area contributed by atoms with Gasteiger partial charge in [-0.05, 0) is 35.9 Å². The molecule has 1 aliphatic rings. The molecule has 1 atom stereocenters. The van der Waals surface area contributed by atoms with Crippen LogP contribution in [-0.2, 0) is 4.74 Å². The van der Waals surface area contributed by atoms with Crippen LogP contribution in [0.15, 0.2) is 72.0 Å². The lowest BCUT2D eigenvalue weighted by Gasteiger charge is -2.24. The average molecular weight is 308 g/mol. The number of hydrogen-bond donors (Lipinski definition) is 0. The van der Waals surface area contributed by atoms with E-state index in [1.54, 1.807) is 20.5 Å². The number of rotatable bonds is 5. The predicted molar refractivity (Wildman–Crippen MR) is 92.9 cm³/mol. The molecule has 0 saturated carbocycles. The maximum absolute atomic E-state index is 5.25. The van der Waals surface area contributed by atoms with Gasteiger partial charge in [-0.15, -0.1) is 0 Å². The smallest absolute Gasteiger partial charge is 0.118 e. The van der Waals surface area contributed by atoms with Crippen molar-refractivity contribution in [2.75, 3.05) is 19.2 Å². The number of nitrogens with zero attached hydrogens (tertiary/aromatic N) is 2. The topological polar surface area (TPSA) is 34.1 Å². The van der Waals surface area contributed by atoms with Crippen LogP contribution >= 0.6 is 0 Å². The van der Waals surface area contributed by atoms with E-state index in [-0.39, 0.29) is 6.04 Å². The van der Waals surface area contributed by atoms with Crippen LogP contribution < -0.4 is 9.75 Å². The highest BCUT2D eigenvalue weighted by molar-refractivity contribution is 5.98. The first-order chi connectivity index (χ1) is 11.3. The second-order valence-electron chi connectivity index (χ2n) is 5.30. The fourth-order valence-electron chi connectivity index (χ4n) is 2.68. The van der Waals surface area contributed by atoms with Crippen molar-refractivity contribution in [1.29, 1.82) is 0 Å². The molecule has 4 nitrogen and oxygen atoms in total. The van der Waals surface area contributed by atoms with Crippen LogP contribution in [0.3, 0.4) is 0 Å². The van der Waals surface area contributed by atoms with Crippen LogP contribution in [0.1, 0.15) is 18.0 Å². The average Bonchev–Trinajstić information content (AvgIpc) is 3.05. The molecule has 1 aliphatic heterocycles. The lowest BCUT2D eigenvalue weighted by Crippen LogP contribution is -2.18. The summed E-state index contributed by atoms with van der Waals surface area (Å²) in [5.74, 6) is 0.860. The van der Waals surface area contributed by atoms with Crippen molar-refractivity contribution in [2.24, 2.45) is 5.10 Å². The van der Waals surface area contributed by atoms with E-state index in [1.165, 1.54) is 5.56 Å². The van der Waals surface area contributed by atoms with Crippen molar-refractivity contribution in [3.05, 3.63) is 72.5 Å². The largest absolute Gasteiger partial charge is 0.504 e. The number of allylic oxidation sites excluding steroid dienone is 1. The van der Waals surface area contributed by atoms with Crippen molar-refractivity contribution in [3.63, 3.8) is 0 Å². The van der Waals surface area contributed by atoms with Gasteiger partial charge in [0.05, 0.1) is 37.9 Å². The number of benzene rings is 2. The highest BCUT2D eigenvalue weighted by Crippen LogP contribution is 2.35. The minimum atomic E-state index is 0.166. The first-order valence-corrected chi connectivity index (χ1v) is 7.57. The van der Waals surface area contributed by atoms with Crippen molar-refractivity contribution >= 4 is 11.4 Å². The van der Waals surface area contributed by atoms with Crippen LogP contribution in [0.25, 0.3) is 0 Å². The van der Waals surface area contributed by atoms with Gasteiger partial charge >= 0.3 is 0 Å². The standard InChI is InChI=1S/C19H20N2O2/c1-22-13-12-16-14-19(15-8-10-18(23-2)11-9-15)21(20-16)17-6-4-3-5-7-17/h3-13,19H,14H2,1-2H3. The van der Waals surface area contributed by atoms with E-state index >= 15 is 0 Å². The number of methoxy groups -OCH3 is 2. The summed E-state index contributed by atoms with van der Waals surface area (Å²) in [7, 11) is 3.32. The predicted octanol–water partition coefficient (Wildman–Crippen LogP) is 4.16. The Bertz CT molecular complexity index is 693. The zero-order chi connectivity index (χ0) is 16.1. The van der Waals surface area contributed by atoms with Crippen LogP contribution in [0.2, 0.25) is 0 Å². The molecule has 4 heteroatoms. The Kier molecular flexibility index (Phi) is 4.62. The summed E-state index contributed by atoms with van der Waals surface area (Å²) in [5, 5.41) is 6.81. The molecule has 1 unspecified atom stereocenters. The number of hydrazone groups is 1. The first kappa shape index (κ1) is 15.2. The van der Waals surface area contributed by atoms with E-state index in [4.69, 9.17) is 14.6 Å². The summed E-state index contributed by atoms with van der Waals surface area (Å²) in [6.45, 7) is 0. The molecule has 23 heavy (non-hydrogen) atoms. The van der Waals surface area contributed by atoms with Gasteiger partial charge in [0, 0.05) is 6.42 Å². The monoisotopic (exact) mass is 308 g/mol. The van der Waals surface area contributed by atoms with E-state index in [2.05, 4.69) is 29.3 Å². The van der Waals surface area contributed by atoms with Crippen LogP contribution in [0.5, 0.6) is 5.75 Å². The molecule has 0 bridgehead atoms. The third kappa shape index (κ3) is 3.37. The zero-order valence-electron chi connectivity index (χ0n) is 13.3. The lowest BCUT2D eigenvalue weighted by molar-refractivity contribution is 0.338. The summed E-state index contributed by atoms with van der Waals surface area (Å²) >= 11 is 0. The maximum atomic E-state index is 5.25. The molecular weight excluding hydrogens is 288 g/mol. The molecule has 2 aromatic rings. The Balaban J connectivity index is 1.92. The van der Waals surface area contributed by atoms with Gasteiger partial charge in [0.15, 0.2) is 0 Å². The van der Waals surface area contributed by atoms with Crippen LogP contribution in [0, 0.1) is 0 Å². The SMILES string of the molecule is COC=CC1=NN(c2ccccc2)C(c2ccc(OC)cc2)C1. The summed E-state index contributed by atoms with van der Waals surface area (Å²) in [6.07, 6.45) is 4.42. The van der Waals surface area contributed by atoms with E-state index < -0.39 is 0 Å². The number of para-hydroxylation sites is 1. The Labute approximate surface area is 136 Å². The minimum Gasteiger partial charge on any atom is -0.504 e. The maximum Gasteiger partial charge on any atom is 0.118 e. The van der Waals surface area contributed by atoms with Gasteiger partial charge in [-0.3, -0.25) is 5.01 Å². The second-order valence-corrected chi connectivity index (χ2v) is 5.30. The summed E-state index contributed by atoms with van der Waals surface area (Å²) in [4.78, 5) is 0. The van der Waals surface area contributed by atoms with E-state index in [9.17, 15) is 0 Å². The van der Waals surface area contributed by atoms with Gasteiger partial charge in [0.1, 0.15) is 5.75 Å². The fraction of sp³-hybridized carbons (Fsp3) is 0.211. The molecule has 2 aromatic carbocycles. The van der Waals surface area contributed by atoms with Gasteiger partial charge in [-0.2, -0.15) is 5.10 Å². The third-order valence-corrected chi connectivity index (χ3v) is 3.85. The highest BCUT2D eigenvalue weighted by atomic mass is 16.5. The quantitative estimate of drug-likeness (QED) is 0.778. The molecule has 0 amide bonds. The molecule has 0 fully saturated rings. The fourth-order valence-corrected chi connectivity index (χ4v) is 2.68. The van der Waals surface area contributed by atoms with Crippen LogP contribution in [0.4, 0.5) is 5.69 Å². The van der Waals surface area contributed by atoms with Crippen molar-refractivity contribution in [3.8, 4) is 5.75 Å². The molecule has 0 saturated heterocycles. The molecule has 0 spiro atoms. The molecule has 0 aliphatic carbocycles. The first-order valence-electron chi connectivity index (χ1n) is 7.57. The normalized spacial score (nSPS) is 17.4. The molecular formula is C19H20N2O2. The van der Waals surface area contributed by atoms with Crippen LogP contribution in [-0.4, -0.2) is 19.9 Å². The number of ether oxygens (including phenoxy) is 2. The Hall–Kier alpha value is -2.75. The van der Waals surface area contributed by atoms with Crippen molar-refractivity contribution in [2.45, 2.75) is 12.5 Å². The van der Waals surface area contributed by atoms with Crippen molar-refractivity contribution < 1.29 is 9.47 Å². The van der Waals surface area contributed by atoms with Gasteiger partial charge in [0.25, 0.3) is 0 Å². The lowest BCUT2D eigenvalue weighted by atomic mass is 10.0. The second kappa shape index (κ2) is 7.01. The van der Waals surface area contributed by atoms with Gasteiger partial charge in [-0.1, -0.05) is 30.3 Å². The van der Waals surface area contributed by atoms with E-state index in [0.717, 1.165) is 23.6 Å². The molecule has 118 valence electrons. The number of anilines is 1. The van der Waals surface area contributed by atoms with E-state index in [1.807, 2.05) is 36.4 Å². The van der Waals surface area contributed by atoms with Crippen molar-refractivity contribution in [1.82, 2.24) is 0 Å². The molecule has 0 N–H and O–H groups in total. The summed E-state index contributed by atoms with van der Waals surface area (Å²) in [6, 6.07) is 18.5. The van der Waals surface area contributed by atoms with Gasteiger partial charge in [0.2, 0.25) is 0 Å². The van der Waals surface area contributed by atoms with Gasteiger partial charge in [-0.25, -0.2) is 0 Å². The summed E-state index contributed by atoms with van der Waals surface area (Å²) < 4.78 is 10.3. The third-order valence-electron chi connectivity index (χ3n) is 3.85. The number of hydrogen-bond acceptors (Lipinski definition) is 4. The minimum absolute atomic E-state index is 0.166. The Morgan fingerprint density at radius 1 is 1.04 bits per heavy atom. The Morgan fingerprint density at radius 3 is 2.43 bits per heavy atom.